The summed E-state index contributed by atoms with van der Waals surface area (Å²) >= 11 is 0. The summed E-state index contributed by atoms with van der Waals surface area (Å²) in [6.07, 6.45) is -1.96. The summed E-state index contributed by atoms with van der Waals surface area (Å²) in [6, 6.07) is 0. The van der Waals surface area contributed by atoms with E-state index in [0.29, 0.717) is 0 Å². The molecule has 0 amide bonds. The second kappa shape index (κ2) is 4.81. The molecular weight excluding hydrogens is 176 g/mol. The lowest BCUT2D eigenvalue weighted by atomic mass is 10.1. The third-order valence-corrected chi connectivity index (χ3v) is 1.46. The highest BCUT2D eigenvalue weighted by molar-refractivity contribution is 5.82. The third kappa shape index (κ3) is 3.89. The van der Waals surface area contributed by atoms with Crippen LogP contribution in [0, 0.1) is 5.92 Å². The minimum atomic E-state index is -1.60. The topological polar surface area (TPSA) is 83.8 Å². The second-order valence-electron chi connectivity index (χ2n) is 3.06. The summed E-state index contributed by atoms with van der Waals surface area (Å²) in [5, 5.41) is 17.6. The molecule has 0 heterocycles. The summed E-state index contributed by atoms with van der Waals surface area (Å²) in [7, 11) is 0. The highest BCUT2D eigenvalue weighted by Gasteiger charge is 2.29. The quantitative estimate of drug-likeness (QED) is 0.610. The zero-order valence-electron chi connectivity index (χ0n) is 7.85. The highest BCUT2D eigenvalue weighted by Crippen LogP contribution is 2.06. The maximum atomic E-state index is 11.0. The largest absolute Gasteiger partial charge is 0.481 e. The average Bonchev–Trinajstić information content (AvgIpc) is 2.00. The van der Waals surface area contributed by atoms with Crippen LogP contribution in [0.3, 0.4) is 0 Å². The molecule has 2 N–H and O–H groups in total. The molecule has 76 valence electrons. The molecule has 0 radical (unpaired) electrons. The SMILES string of the molecule is CC(C)OC(=O)[C@@H](O)[C@@H](C)C(=O)O. The molecule has 0 unspecified atom stereocenters. The zero-order valence-corrected chi connectivity index (χ0v) is 7.85. The van der Waals surface area contributed by atoms with E-state index in [-0.39, 0.29) is 6.10 Å². The van der Waals surface area contributed by atoms with Crippen molar-refractivity contribution in [2.24, 2.45) is 5.92 Å². The van der Waals surface area contributed by atoms with Crippen molar-refractivity contribution in [2.45, 2.75) is 33.0 Å². The molecule has 0 aliphatic carbocycles. The first-order chi connectivity index (χ1) is 5.86. The van der Waals surface area contributed by atoms with Gasteiger partial charge >= 0.3 is 11.9 Å². The van der Waals surface area contributed by atoms with E-state index in [2.05, 4.69) is 4.74 Å². The number of aliphatic hydroxyl groups excluding tert-OH is 1. The Morgan fingerprint density at radius 3 is 2.00 bits per heavy atom. The van der Waals surface area contributed by atoms with Crippen molar-refractivity contribution >= 4 is 11.9 Å². The van der Waals surface area contributed by atoms with Crippen molar-refractivity contribution in [1.82, 2.24) is 0 Å². The molecule has 0 saturated carbocycles. The summed E-state index contributed by atoms with van der Waals surface area (Å²) < 4.78 is 4.63. The van der Waals surface area contributed by atoms with Crippen LogP contribution in [0.1, 0.15) is 20.8 Å². The highest BCUT2D eigenvalue weighted by atomic mass is 16.6. The van der Waals surface area contributed by atoms with Gasteiger partial charge in [-0.05, 0) is 20.8 Å². The third-order valence-electron chi connectivity index (χ3n) is 1.46. The van der Waals surface area contributed by atoms with Gasteiger partial charge in [-0.1, -0.05) is 0 Å². The predicted octanol–water partition coefficient (Wildman–Crippen LogP) is 0.0196. The number of esters is 1. The Morgan fingerprint density at radius 1 is 1.23 bits per heavy atom. The zero-order chi connectivity index (χ0) is 10.6. The maximum Gasteiger partial charge on any atom is 0.336 e. The van der Waals surface area contributed by atoms with Crippen LogP contribution >= 0.6 is 0 Å². The van der Waals surface area contributed by atoms with Crippen molar-refractivity contribution in [2.75, 3.05) is 0 Å². The molecule has 13 heavy (non-hydrogen) atoms. The molecule has 5 heteroatoms. The van der Waals surface area contributed by atoms with E-state index in [9.17, 15) is 9.59 Å². The van der Waals surface area contributed by atoms with E-state index < -0.39 is 24.0 Å². The molecule has 0 aliphatic heterocycles. The lowest BCUT2D eigenvalue weighted by Crippen LogP contribution is -2.35. The van der Waals surface area contributed by atoms with Gasteiger partial charge in [0.1, 0.15) is 0 Å². The fraction of sp³-hybridized carbons (Fsp3) is 0.750. The monoisotopic (exact) mass is 190 g/mol. The van der Waals surface area contributed by atoms with Gasteiger partial charge in [0.05, 0.1) is 12.0 Å². The number of rotatable bonds is 4. The van der Waals surface area contributed by atoms with Gasteiger partial charge in [0.15, 0.2) is 6.10 Å². The van der Waals surface area contributed by atoms with Crippen LogP contribution in [-0.2, 0) is 14.3 Å². The van der Waals surface area contributed by atoms with Crippen LogP contribution in [0.2, 0.25) is 0 Å². The van der Waals surface area contributed by atoms with E-state index in [1.54, 1.807) is 13.8 Å². The van der Waals surface area contributed by atoms with E-state index in [1.807, 2.05) is 0 Å². The standard InChI is InChI=1S/C8H14O5/c1-4(2)13-8(12)6(9)5(3)7(10)11/h4-6,9H,1-3H3,(H,10,11)/t5-,6+/m1/s1. The number of hydrogen-bond acceptors (Lipinski definition) is 4. The predicted molar refractivity (Wildman–Crippen MR) is 44.0 cm³/mol. The first kappa shape index (κ1) is 11.9. The van der Waals surface area contributed by atoms with Gasteiger partial charge in [0.25, 0.3) is 0 Å². The number of ether oxygens (including phenoxy) is 1. The van der Waals surface area contributed by atoms with Crippen molar-refractivity contribution in [1.29, 1.82) is 0 Å². The van der Waals surface area contributed by atoms with Gasteiger partial charge in [-0.25, -0.2) is 4.79 Å². The Hall–Kier alpha value is -1.10. The molecule has 0 aromatic rings. The minimum absolute atomic E-state index is 0.358. The molecule has 0 bridgehead atoms. The number of carbonyl (C=O) groups is 2. The molecule has 2 atom stereocenters. The number of aliphatic hydroxyl groups is 1. The second-order valence-corrected chi connectivity index (χ2v) is 3.06. The van der Waals surface area contributed by atoms with Gasteiger partial charge in [0, 0.05) is 0 Å². The summed E-state index contributed by atoms with van der Waals surface area (Å²) in [4.78, 5) is 21.3. The van der Waals surface area contributed by atoms with Crippen LogP contribution in [0.4, 0.5) is 0 Å². The number of carbonyl (C=O) groups excluding carboxylic acids is 1. The molecule has 0 aromatic carbocycles. The van der Waals surface area contributed by atoms with Gasteiger partial charge in [-0.3, -0.25) is 4.79 Å². The van der Waals surface area contributed by atoms with Crippen LogP contribution in [0.15, 0.2) is 0 Å². The number of carboxylic acids is 1. The first-order valence-electron chi connectivity index (χ1n) is 3.97. The van der Waals surface area contributed by atoms with E-state index >= 15 is 0 Å². The summed E-state index contributed by atoms with van der Waals surface area (Å²) in [5.41, 5.74) is 0. The molecule has 0 aromatic heterocycles. The number of hydrogen-bond donors (Lipinski definition) is 2. The van der Waals surface area contributed by atoms with Crippen molar-refractivity contribution in [3.05, 3.63) is 0 Å². The van der Waals surface area contributed by atoms with E-state index in [1.165, 1.54) is 6.92 Å². The lowest BCUT2D eigenvalue weighted by molar-refractivity contribution is -0.166. The lowest BCUT2D eigenvalue weighted by Gasteiger charge is -2.15. The Morgan fingerprint density at radius 2 is 1.69 bits per heavy atom. The van der Waals surface area contributed by atoms with Gasteiger partial charge in [-0.2, -0.15) is 0 Å². The number of carboxylic acid groups (broad SMARTS) is 1. The van der Waals surface area contributed by atoms with E-state index in [4.69, 9.17) is 10.2 Å². The molecule has 0 rings (SSSR count). The average molecular weight is 190 g/mol. The molecule has 0 spiro atoms. The van der Waals surface area contributed by atoms with Crippen LogP contribution < -0.4 is 0 Å². The number of aliphatic carboxylic acids is 1. The molecule has 0 aliphatic rings. The van der Waals surface area contributed by atoms with Crippen LogP contribution in [0.25, 0.3) is 0 Å². The Kier molecular flexibility index (Phi) is 4.40. The first-order valence-corrected chi connectivity index (χ1v) is 3.97. The molecule has 5 nitrogen and oxygen atoms in total. The normalized spacial score (nSPS) is 15.2. The van der Waals surface area contributed by atoms with E-state index in [0.717, 1.165) is 0 Å². The van der Waals surface area contributed by atoms with Crippen molar-refractivity contribution < 1.29 is 24.5 Å². The van der Waals surface area contributed by atoms with Crippen molar-refractivity contribution in [3.63, 3.8) is 0 Å². The maximum absolute atomic E-state index is 11.0. The smallest absolute Gasteiger partial charge is 0.336 e. The van der Waals surface area contributed by atoms with Gasteiger partial charge in [-0.15, -0.1) is 0 Å². The van der Waals surface area contributed by atoms with Crippen molar-refractivity contribution in [3.8, 4) is 0 Å². The van der Waals surface area contributed by atoms with Crippen LogP contribution in [0.5, 0.6) is 0 Å². The molecule has 0 saturated heterocycles. The van der Waals surface area contributed by atoms with Gasteiger partial charge in [0.2, 0.25) is 0 Å². The molecule has 0 fully saturated rings. The Balaban J connectivity index is 4.17. The van der Waals surface area contributed by atoms with Crippen LogP contribution in [-0.4, -0.2) is 34.4 Å². The van der Waals surface area contributed by atoms with Gasteiger partial charge < -0.3 is 14.9 Å². The molecular formula is C8H14O5. The Bertz CT molecular complexity index is 199. The summed E-state index contributed by atoms with van der Waals surface area (Å²) in [5.74, 6) is -3.27. The minimum Gasteiger partial charge on any atom is -0.481 e. The Labute approximate surface area is 76.3 Å². The fourth-order valence-corrected chi connectivity index (χ4v) is 0.641. The summed E-state index contributed by atoms with van der Waals surface area (Å²) in [6.45, 7) is 4.49. The fourth-order valence-electron chi connectivity index (χ4n) is 0.641.